The van der Waals surface area contributed by atoms with Gasteiger partial charge in [-0.25, -0.2) is 37.5 Å². The third-order valence-corrected chi connectivity index (χ3v) is 6.37. The highest BCUT2D eigenvalue weighted by Crippen LogP contribution is 2.32. The van der Waals surface area contributed by atoms with E-state index in [0.717, 1.165) is 22.8 Å². The van der Waals surface area contributed by atoms with E-state index >= 15 is 0 Å². The molecule has 6 aromatic rings. The van der Waals surface area contributed by atoms with E-state index in [1.807, 2.05) is 6.07 Å². The number of aromatic amines is 2. The van der Waals surface area contributed by atoms with E-state index in [0.29, 0.717) is 45.0 Å². The number of fused-ring (bicyclic) bond motifs is 2. The van der Waals surface area contributed by atoms with Gasteiger partial charge in [0.05, 0.1) is 22.9 Å². The number of benzene rings is 1. The molecule has 0 aliphatic heterocycles. The Kier molecular flexibility index (Phi) is 5.43. The van der Waals surface area contributed by atoms with Crippen molar-refractivity contribution >= 4 is 32.1 Å². The number of imidazole rings is 1. The summed E-state index contributed by atoms with van der Waals surface area (Å²) in [6.45, 7) is -0.0492. The largest absolute Gasteiger partial charge is 0.336 e. The van der Waals surface area contributed by atoms with Crippen molar-refractivity contribution in [3.05, 3.63) is 72.8 Å². The summed E-state index contributed by atoms with van der Waals surface area (Å²) in [6.07, 6.45) is 9.22. The second-order valence-electron chi connectivity index (χ2n) is 8.40. The van der Waals surface area contributed by atoms with E-state index in [4.69, 9.17) is 4.98 Å². The Balaban J connectivity index is 1.44. The summed E-state index contributed by atoms with van der Waals surface area (Å²) in [5.74, 6) is -0.0340. The zero-order chi connectivity index (χ0) is 25.6. The molecule has 0 spiro atoms. The van der Waals surface area contributed by atoms with Crippen LogP contribution >= 0.6 is 0 Å². The van der Waals surface area contributed by atoms with Crippen LogP contribution in [-0.2, 0) is 16.6 Å². The van der Waals surface area contributed by atoms with Gasteiger partial charge >= 0.3 is 0 Å². The molecular weight excluding hydrogens is 497 g/mol. The lowest BCUT2D eigenvalue weighted by molar-refractivity contribution is 0.586. The van der Waals surface area contributed by atoms with E-state index in [2.05, 4.69) is 39.8 Å². The fraction of sp³-hybridized carbons (Fsp3) is 0.0833. The van der Waals surface area contributed by atoms with Gasteiger partial charge in [-0.05, 0) is 35.9 Å². The molecule has 37 heavy (non-hydrogen) atoms. The van der Waals surface area contributed by atoms with Crippen molar-refractivity contribution in [2.75, 3.05) is 6.26 Å². The van der Waals surface area contributed by atoms with Crippen molar-refractivity contribution < 1.29 is 12.8 Å². The maximum Gasteiger partial charge on any atom is 0.209 e. The van der Waals surface area contributed by atoms with Crippen LogP contribution in [0, 0.1) is 5.82 Å². The predicted molar refractivity (Wildman–Crippen MR) is 135 cm³/mol. The smallest absolute Gasteiger partial charge is 0.209 e. The van der Waals surface area contributed by atoms with Gasteiger partial charge in [-0.2, -0.15) is 5.10 Å². The first-order chi connectivity index (χ1) is 17.8. The summed E-state index contributed by atoms with van der Waals surface area (Å²) in [5, 5.41) is 8.08. The molecule has 3 N–H and O–H groups in total. The maximum atomic E-state index is 14.5. The summed E-state index contributed by atoms with van der Waals surface area (Å²) in [7, 11) is -3.44. The second kappa shape index (κ2) is 8.80. The van der Waals surface area contributed by atoms with E-state index in [9.17, 15) is 12.8 Å². The zero-order valence-corrected chi connectivity index (χ0v) is 20.1. The first-order valence-electron chi connectivity index (χ1n) is 11.0. The number of hydrogen-bond donors (Lipinski definition) is 3. The van der Waals surface area contributed by atoms with Crippen LogP contribution in [0.4, 0.5) is 4.39 Å². The molecule has 0 fully saturated rings. The molecule has 5 aromatic heterocycles. The molecule has 0 radical (unpaired) electrons. The summed E-state index contributed by atoms with van der Waals surface area (Å²) < 4.78 is 39.8. The van der Waals surface area contributed by atoms with E-state index in [-0.39, 0.29) is 6.54 Å². The van der Waals surface area contributed by atoms with Crippen LogP contribution < -0.4 is 4.72 Å². The Morgan fingerprint density at radius 2 is 1.81 bits per heavy atom. The van der Waals surface area contributed by atoms with Crippen LogP contribution in [0.3, 0.4) is 0 Å². The van der Waals surface area contributed by atoms with Crippen LogP contribution in [0.5, 0.6) is 0 Å². The summed E-state index contributed by atoms with van der Waals surface area (Å²) in [4.78, 5) is 25.0. The predicted octanol–water partition coefficient (Wildman–Crippen LogP) is 3.21. The Morgan fingerprint density at radius 1 is 0.973 bits per heavy atom. The van der Waals surface area contributed by atoms with Crippen molar-refractivity contribution in [1.29, 1.82) is 0 Å². The van der Waals surface area contributed by atoms with Gasteiger partial charge in [0, 0.05) is 48.0 Å². The van der Waals surface area contributed by atoms with Gasteiger partial charge in [0.25, 0.3) is 0 Å². The molecule has 5 heterocycles. The first kappa shape index (κ1) is 22.8. The monoisotopic (exact) mass is 515 g/mol. The Hall–Kier alpha value is -4.62. The number of hydrogen-bond acceptors (Lipinski definition) is 8. The average Bonchev–Trinajstić information content (AvgIpc) is 3.51. The minimum absolute atomic E-state index is 0.0492. The number of rotatable bonds is 6. The molecule has 0 saturated heterocycles. The highest BCUT2D eigenvalue weighted by molar-refractivity contribution is 7.88. The summed E-state index contributed by atoms with van der Waals surface area (Å²) in [6, 6.07) is 7.98. The lowest BCUT2D eigenvalue weighted by Gasteiger charge is -2.07. The van der Waals surface area contributed by atoms with Crippen LogP contribution in [0.25, 0.3) is 56.0 Å². The lowest BCUT2D eigenvalue weighted by atomic mass is 10.1. The molecule has 1 aromatic carbocycles. The van der Waals surface area contributed by atoms with Crippen molar-refractivity contribution in [2.24, 2.45) is 0 Å². The molecule has 13 heteroatoms. The Bertz CT molecular complexity index is 1890. The van der Waals surface area contributed by atoms with E-state index in [1.165, 1.54) is 18.5 Å². The molecule has 0 saturated carbocycles. The fourth-order valence-corrected chi connectivity index (χ4v) is 4.48. The second-order valence-corrected chi connectivity index (χ2v) is 10.2. The minimum Gasteiger partial charge on any atom is -0.336 e. The number of nitrogens with one attached hydrogen (secondary N) is 3. The van der Waals surface area contributed by atoms with Crippen LogP contribution in [0.1, 0.15) is 5.56 Å². The van der Waals surface area contributed by atoms with E-state index < -0.39 is 15.8 Å². The lowest BCUT2D eigenvalue weighted by Crippen LogP contribution is -2.21. The van der Waals surface area contributed by atoms with Crippen molar-refractivity contribution in [3.63, 3.8) is 0 Å². The quantitative estimate of drug-likeness (QED) is 0.305. The molecular formula is C24H18FN9O2S. The van der Waals surface area contributed by atoms with Gasteiger partial charge in [-0.1, -0.05) is 0 Å². The van der Waals surface area contributed by atoms with E-state index in [1.54, 1.807) is 36.9 Å². The molecule has 11 nitrogen and oxygen atoms in total. The normalized spacial score (nSPS) is 11.9. The minimum atomic E-state index is -3.44. The van der Waals surface area contributed by atoms with Gasteiger partial charge in [-0.3, -0.25) is 10.1 Å². The molecule has 184 valence electrons. The summed E-state index contributed by atoms with van der Waals surface area (Å²) >= 11 is 0. The number of halogens is 1. The fourth-order valence-electron chi connectivity index (χ4n) is 4.05. The third kappa shape index (κ3) is 4.52. The Labute approximate surface area is 209 Å². The zero-order valence-electron chi connectivity index (χ0n) is 19.3. The molecule has 0 amide bonds. The first-order valence-corrected chi connectivity index (χ1v) is 12.9. The van der Waals surface area contributed by atoms with Crippen LogP contribution in [-0.4, -0.2) is 54.8 Å². The van der Waals surface area contributed by atoms with Gasteiger partial charge in [0.15, 0.2) is 11.5 Å². The molecule has 0 aliphatic carbocycles. The number of pyridine rings is 2. The van der Waals surface area contributed by atoms with Crippen molar-refractivity contribution in [2.45, 2.75) is 6.54 Å². The maximum absolute atomic E-state index is 14.5. The van der Waals surface area contributed by atoms with Gasteiger partial charge < -0.3 is 4.98 Å². The van der Waals surface area contributed by atoms with Gasteiger partial charge in [0.1, 0.15) is 23.4 Å². The molecule has 6 rings (SSSR count). The molecule has 0 aliphatic rings. The highest BCUT2D eigenvalue weighted by atomic mass is 32.2. The molecule has 0 bridgehead atoms. The molecule has 0 atom stereocenters. The third-order valence-electron chi connectivity index (χ3n) is 5.71. The summed E-state index contributed by atoms with van der Waals surface area (Å²) in [5.41, 5.74) is 5.34. The SMILES string of the molecule is CS(=O)(=O)NCc1cc(F)cc(-c2nccc3[nH]c(-c4n[nH]c5ncc(-c6cncnc6)cc45)nc23)c1. The van der Waals surface area contributed by atoms with Crippen LogP contribution in [0.15, 0.2) is 61.4 Å². The number of sulfonamides is 1. The molecule has 0 unspecified atom stereocenters. The van der Waals surface area contributed by atoms with Crippen molar-refractivity contribution in [3.8, 4) is 33.9 Å². The van der Waals surface area contributed by atoms with Gasteiger partial charge in [-0.15, -0.1) is 0 Å². The van der Waals surface area contributed by atoms with Crippen molar-refractivity contribution in [1.82, 2.24) is 44.8 Å². The number of nitrogens with zero attached hydrogens (tertiary/aromatic N) is 6. The van der Waals surface area contributed by atoms with Crippen LogP contribution in [0.2, 0.25) is 0 Å². The van der Waals surface area contributed by atoms with Gasteiger partial charge in [0.2, 0.25) is 10.0 Å². The number of H-pyrrole nitrogens is 2. The standard InChI is InChI=1S/C24H18FN9O2S/c1-37(35,36)30-8-13-4-14(6-17(25)5-13)20-22-19(2-3-28-20)31-24(32-22)21-18-7-15(11-29-23(18)34-33-21)16-9-26-12-27-10-16/h2-7,9-12,30H,8H2,1H3,(H,31,32)(H,29,33,34). The Morgan fingerprint density at radius 3 is 2.62 bits per heavy atom. The topological polar surface area (TPSA) is 155 Å². The number of aromatic nitrogens is 8. The average molecular weight is 516 g/mol. The highest BCUT2D eigenvalue weighted by Gasteiger charge is 2.18.